The van der Waals surface area contributed by atoms with Crippen molar-refractivity contribution in [3.8, 4) is 17.2 Å². The van der Waals surface area contributed by atoms with E-state index in [1.165, 1.54) is 0 Å². The number of hydrogen-bond donors (Lipinski definition) is 2. The van der Waals surface area contributed by atoms with Gasteiger partial charge < -0.3 is 0 Å². The predicted octanol–water partition coefficient (Wildman–Crippen LogP) is 4.61. The van der Waals surface area contributed by atoms with Gasteiger partial charge in [0.05, 0.1) is 17.3 Å². The van der Waals surface area contributed by atoms with Gasteiger partial charge in [-0.25, -0.2) is 11.0 Å². The lowest BCUT2D eigenvalue weighted by atomic mass is 9.89. The highest BCUT2D eigenvalue weighted by molar-refractivity contribution is 7.14. The second-order valence-corrected chi connectivity index (χ2v) is 6.67. The number of nitrogens with zero attached hydrogens (tertiary/aromatic N) is 2. The summed E-state index contributed by atoms with van der Waals surface area (Å²) in [6.07, 6.45) is 0. The van der Waals surface area contributed by atoms with Gasteiger partial charge >= 0.3 is 0 Å². The maximum atomic E-state index is 9.62. The molecule has 0 aliphatic carbocycles. The Labute approximate surface area is 142 Å². The van der Waals surface area contributed by atoms with Crippen molar-refractivity contribution in [1.82, 2.24) is 0 Å². The molecule has 114 valence electrons. The van der Waals surface area contributed by atoms with Gasteiger partial charge in [0.15, 0.2) is 0 Å². The lowest BCUT2D eigenvalue weighted by Gasteiger charge is -2.31. The van der Waals surface area contributed by atoms with E-state index in [9.17, 15) is 5.26 Å². The van der Waals surface area contributed by atoms with Crippen LogP contribution in [0, 0.1) is 11.3 Å². The van der Waals surface area contributed by atoms with Crippen molar-refractivity contribution in [2.24, 2.45) is 5.84 Å². The number of benzene rings is 3. The summed E-state index contributed by atoms with van der Waals surface area (Å²) in [6, 6.07) is 18.5. The van der Waals surface area contributed by atoms with Gasteiger partial charge in [0.1, 0.15) is 5.00 Å². The highest BCUT2D eigenvalue weighted by atomic mass is 32.1. The highest BCUT2D eigenvalue weighted by Gasteiger charge is 2.27. The third-order valence-corrected chi connectivity index (χ3v) is 5.36. The summed E-state index contributed by atoms with van der Waals surface area (Å²) >= 11 is 1.62. The maximum absolute atomic E-state index is 9.62. The summed E-state index contributed by atoms with van der Waals surface area (Å²) in [5.74, 6) is 6.32. The summed E-state index contributed by atoms with van der Waals surface area (Å²) in [4.78, 5) is 0. The number of nitriles is 1. The minimum absolute atomic E-state index is 0.630. The standard InChI is InChI=1S/C19H12N4S/c20-10-11-4-3-7-13-12-5-1-2-6-14(12)17-15-8-9-24-19(15)22-23(21)18(17)16(11)13/h1-9,22H,21H2. The molecule has 24 heavy (non-hydrogen) atoms. The van der Waals surface area contributed by atoms with Gasteiger partial charge in [-0.05, 0) is 33.7 Å². The first-order valence-electron chi connectivity index (χ1n) is 7.56. The first kappa shape index (κ1) is 13.4. The molecule has 1 aliphatic heterocycles. The van der Waals surface area contributed by atoms with Crippen LogP contribution in [0.1, 0.15) is 5.56 Å². The van der Waals surface area contributed by atoms with E-state index in [0.717, 1.165) is 43.4 Å². The normalized spacial score (nSPS) is 12.6. The Balaban J connectivity index is 2.13. The molecule has 2 heterocycles. The SMILES string of the molecule is N#Cc1cccc2c1c1c(c3ccccc32)-c2ccsc2NN1N. The van der Waals surface area contributed by atoms with Crippen LogP contribution in [0.3, 0.4) is 0 Å². The van der Waals surface area contributed by atoms with E-state index in [4.69, 9.17) is 5.84 Å². The summed E-state index contributed by atoms with van der Waals surface area (Å²) in [7, 11) is 0. The highest BCUT2D eigenvalue weighted by Crippen LogP contribution is 2.50. The Morgan fingerprint density at radius 3 is 2.62 bits per heavy atom. The Hall–Kier alpha value is -3.07. The van der Waals surface area contributed by atoms with Crippen molar-refractivity contribution >= 4 is 43.6 Å². The van der Waals surface area contributed by atoms with E-state index in [2.05, 4.69) is 41.1 Å². The minimum atomic E-state index is 0.630. The van der Waals surface area contributed by atoms with Gasteiger partial charge in [-0.1, -0.05) is 36.4 Å². The molecule has 0 bridgehead atoms. The molecule has 0 spiro atoms. The molecule has 1 aromatic heterocycles. The molecule has 5 heteroatoms. The van der Waals surface area contributed by atoms with Crippen molar-refractivity contribution < 1.29 is 0 Å². The van der Waals surface area contributed by atoms with Gasteiger partial charge in [-0.3, -0.25) is 5.43 Å². The molecule has 4 aromatic rings. The quantitative estimate of drug-likeness (QED) is 0.365. The van der Waals surface area contributed by atoms with Crippen molar-refractivity contribution in [2.75, 3.05) is 10.5 Å². The average molecular weight is 328 g/mol. The smallest absolute Gasteiger partial charge is 0.116 e. The summed E-state index contributed by atoms with van der Waals surface area (Å²) < 4.78 is 0. The number of nitrogens with one attached hydrogen (secondary N) is 1. The van der Waals surface area contributed by atoms with Crippen LogP contribution >= 0.6 is 11.3 Å². The second-order valence-electron chi connectivity index (χ2n) is 5.75. The second kappa shape index (κ2) is 4.71. The number of hydrazine groups is 2. The summed E-state index contributed by atoms with van der Waals surface area (Å²) in [5.41, 5.74) is 6.92. The van der Waals surface area contributed by atoms with Gasteiger partial charge in [0, 0.05) is 16.5 Å². The lowest BCUT2D eigenvalue weighted by molar-refractivity contribution is 0.998. The Morgan fingerprint density at radius 2 is 1.79 bits per heavy atom. The van der Waals surface area contributed by atoms with Gasteiger partial charge in [-0.15, -0.1) is 11.3 Å². The van der Waals surface area contributed by atoms with Crippen LogP contribution in [0.25, 0.3) is 32.7 Å². The Kier molecular flexibility index (Phi) is 2.63. The van der Waals surface area contributed by atoms with Crippen LogP contribution in [0.5, 0.6) is 0 Å². The molecular weight excluding hydrogens is 316 g/mol. The predicted molar refractivity (Wildman–Crippen MR) is 99.8 cm³/mol. The van der Waals surface area contributed by atoms with Crippen LogP contribution in [-0.4, -0.2) is 0 Å². The number of rotatable bonds is 0. The summed E-state index contributed by atoms with van der Waals surface area (Å²) in [5, 5.41) is 18.4. The molecule has 0 amide bonds. The zero-order valence-electron chi connectivity index (χ0n) is 12.6. The van der Waals surface area contributed by atoms with Crippen LogP contribution in [-0.2, 0) is 0 Å². The molecular formula is C19H12N4S. The fourth-order valence-corrected chi connectivity index (χ4v) is 4.37. The molecule has 0 unspecified atom stereocenters. The van der Waals surface area contributed by atoms with Crippen molar-refractivity contribution in [2.45, 2.75) is 0 Å². The first-order chi connectivity index (χ1) is 11.8. The van der Waals surface area contributed by atoms with Gasteiger partial charge in [0.2, 0.25) is 0 Å². The number of hydrogen-bond acceptors (Lipinski definition) is 5. The van der Waals surface area contributed by atoms with Crippen molar-refractivity contribution in [1.29, 1.82) is 5.26 Å². The zero-order valence-corrected chi connectivity index (χ0v) is 13.4. The molecule has 3 aromatic carbocycles. The van der Waals surface area contributed by atoms with Crippen LogP contribution in [0.4, 0.5) is 10.7 Å². The summed E-state index contributed by atoms with van der Waals surface area (Å²) in [6.45, 7) is 0. The number of anilines is 2. The third-order valence-electron chi connectivity index (χ3n) is 4.54. The number of nitrogens with two attached hydrogens (primary N) is 1. The first-order valence-corrected chi connectivity index (χ1v) is 8.44. The lowest BCUT2D eigenvalue weighted by Crippen LogP contribution is -2.39. The molecule has 0 atom stereocenters. The molecule has 5 rings (SSSR count). The fourth-order valence-electron chi connectivity index (χ4n) is 3.59. The van der Waals surface area contributed by atoms with Gasteiger partial charge in [0.25, 0.3) is 0 Å². The number of fused-ring (bicyclic) bond motifs is 8. The van der Waals surface area contributed by atoms with E-state index in [0.29, 0.717) is 5.56 Å². The molecule has 1 aliphatic rings. The van der Waals surface area contributed by atoms with E-state index < -0.39 is 0 Å². The van der Waals surface area contributed by atoms with E-state index in [1.807, 2.05) is 24.3 Å². The molecule has 0 fully saturated rings. The molecule has 0 radical (unpaired) electrons. The van der Waals surface area contributed by atoms with Crippen LogP contribution in [0.2, 0.25) is 0 Å². The average Bonchev–Trinajstić information content (AvgIpc) is 3.08. The van der Waals surface area contributed by atoms with Crippen molar-refractivity contribution in [3.05, 3.63) is 59.5 Å². The topological polar surface area (TPSA) is 65.1 Å². The maximum Gasteiger partial charge on any atom is 0.116 e. The number of thiophene rings is 1. The van der Waals surface area contributed by atoms with Gasteiger partial charge in [-0.2, -0.15) is 5.26 Å². The zero-order chi connectivity index (χ0) is 16.3. The molecule has 3 N–H and O–H groups in total. The third kappa shape index (κ3) is 1.59. The molecule has 0 saturated heterocycles. The monoisotopic (exact) mass is 328 g/mol. The van der Waals surface area contributed by atoms with Crippen molar-refractivity contribution in [3.63, 3.8) is 0 Å². The minimum Gasteiger partial charge on any atom is -0.274 e. The Bertz CT molecular complexity index is 1170. The van der Waals surface area contributed by atoms with E-state index in [-0.39, 0.29) is 0 Å². The van der Waals surface area contributed by atoms with Crippen LogP contribution in [0.15, 0.2) is 53.9 Å². The van der Waals surface area contributed by atoms with Crippen LogP contribution < -0.4 is 16.4 Å². The molecule has 4 nitrogen and oxygen atoms in total. The Morgan fingerprint density at radius 1 is 1.00 bits per heavy atom. The van der Waals surface area contributed by atoms with E-state index >= 15 is 0 Å². The largest absolute Gasteiger partial charge is 0.274 e. The molecule has 0 saturated carbocycles. The fraction of sp³-hybridized carbons (Fsp3) is 0. The van der Waals surface area contributed by atoms with E-state index in [1.54, 1.807) is 16.5 Å².